The van der Waals surface area contributed by atoms with Gasteiger partial charge in [0.25, 0.3) is 11.4 Å². The van der Waals surface area contributed by atoms with Crippen LogP contribution in [0.25, 0.3) is 11.3 Å². The zero-order chi connectivity index (χ0) is 15.4. The lowest BCUT2D eigenvalue weighted by Crippen LogP contribution is -2.00. The van der Waals surface area contributed by atoms with E-state index in [9.17, 15) is 20.2 Å². The Labute approximate surface area is 117 Å². The second-order valence-corrected chi connectivity index (χ2v) is 3.90. The molecule has 0 amide bonds. The predicted molar refractivity (Wildman–Crippen MR) is 70.1 cm³/mol. The summed E-state index contributed by atoms with van der Waals surface area (Å²) in [5.74, 6) is 0. The van der Waals surface area contributed by atoms with Crippen LogP contribution in [0.4, 0.5) is 11.4 Å². The van der Waals surface area contributed by atoms with Gasteiger partial charge in [-0.3, -0.25) is 30.2 Å². The number of nitrogens with zero attached hydrogens (tertiary/aromatic N) is 5. The summed E-state index contributed by atoms with van der Waals surface area (Å²) in [6.07, 6.45) is 2.63. The Kier molecular flexibility index (Phi) is 3.80. The van der Waals surface area contributed by atoms with Crippen LogP contribution < -0.4 is 0 Å². The Morgan fingerprint density at radius 2 is 1.86 bits per heavy atom. The molecule has 0 aliphatic carbocycles. The van der Waals surface area contributed by atoms with Crippen LogP contribution in [0, 0.1) is 31.6 Å². The first-order valence-corrected chi connectivity index (χ1v) is 5.64. The van der Waals surface area contributed by atoms with Crippen LogP contribution in [0.2, 0.25) is 0 Å². The zero-order valence-corrected chi connectivity index (χ0v) is 10.5. The summed E-state index contributed by atoms with van der Waals surface area (Å²) in [4.78, 5) is 28.3. The molecule has 0 atom stereocenters. The lowest BCUT2D eigenvalue weighted by molar-refractivity contribution is -0.393. The van der Waals surface area contributed by atoms with Gasteiger partial charge in [0.15, 0.2) is 0 Å². The van der Waals surface area contributed by atoms with E-state index in [0.29, 0.717) is 0 Å². The fourth-order valence-corrected chi connectivity index (χ4v) is 1.78. The normalized spacial score (nSPS) is 9.86. The summed E-state index contributed by atoms with van der Waals surface area (Å²) in [6.45, 7) is 0. The highest BCUT2D eigenvalue weighted by atomic mass is 16.6. The third-order valence-electron chi connectivity index (χ3n) is 2.66. The molecule has 0 spiro atoms. The fourth-order valence-electron chi connectivity index (χ4n) is 1.78. The fraction of sp³-hybridized carbons (Fsp3) is 0.0833. The average Bonchev–Trinajstić information content (AvgIpc) is 2.47. The Balaban J connectivity index is 2.67. The van der Waals surface area contributed by atoms with E-state index in [0.717, 1.165) is 12.1 Å². The Morgan fingerprint density at radius 1 is 1.14 bits per heavy atom. The third kappa shape index (κ3) is 2.79. The first-order chi connectivity index (χ1) is 10.0. The summed E-state index contributed by atoms with van der Waals surface area (Å²) in [5.41, 5.74) is -0.318. The van der Waals surface area contributed by atoms with E-state index in [-0.39, 0.29) is 23.4 Å². The minimum Gasteiger partial charge on any atom is -0.258 e. The third-order valence-corrected chi connectivity index (χ3v) is 2.66. The van der Waals surface area contributed by atoms with E-state index in [4.69, 9.17) is 5.26 Å². The predicted octanol–water partition coefficient (Wildman–Crippen LogP) is 2.03. The molecule has 2 rings (SSSR count). The van der Waals surface area contributed by atoms with Crippen molar-refractivity contribution >= 4 is 11.4 Å². The van der Waals surface area contributed by atoms with Gasteiger partial charge in [0, 0.05) is 18.5 Å². The summed E-state index contributed by atoms with van der Waals surface area (Å²) in [5, 5.41) is 30.6. The topological polar surface area (TPSA) is 136 Å². The quantitative estimate of drug-likeness (QED) is 0.618. The van der Waals surface area contributed by atoms with Crippen LogP contribution >= 0.6 is 0 Å². The number of benzene rings is 1. The molecular weight excluding hydrogens is 278 g/mol. The monoisotopic (exact) mass is 285 g/mol. The molecule has 0 aliphatic heterocycles. The van der Waals surface area contributed by atoms with Gasteiger partial charge in [0.1, 0.15) is 0 Å². The van der Waals surface area contributed by atoms with E-state index < -0.39 is 21.2 Å². The first-order valence-electron chi connectivity index (χ1n) is 5.64. The molecule has 2 aromatic rings. The van der Waals surface area contributed by atoms with Crippen molar-refractivity contribution in [2.45, 2.75) is 6.42 Å². The molecule has 9 nitrogen and oxygen atoms in total. The molecule has 0 unspecified atom stereocenters. The molecule has 9 heteroatoms. The summed E-state index contributed by atoms with van der Waals surface area (Å²) in [7, 11) is 0. The molecule has 0 bridgehead atoms. The van der Waals surface area contributed by atoms with E-state index in [1.165, 1.54) is 18.5 Å². The van der Waals surface area contributed by atoms with Gasteiger partial charge in [-0.1, -0.05) is 0 Å². The van der Waals surface area contributed by atoms with Crippen molar-refractivity contribution in [2.75, 3.05) is 0 Å². The van der Waals surface area contributed by atoms with Gasteiger partial charge < -0.3 is 0 Å². The summed E-state index contributed by atoms with van der Waals surface area (Å²) in [6, 6.07) is 5.14. The molecule has 0 fully saturated rings. The van der Waals surface area contributed by atoms with Gasteiger partial charge in [0.05, 0.1) is 45.4 Å². The minimum absolute atomic E-state index is 0.0721. The maximum Gasteiger partial charge on any atom is 0.285 e. The number of nitro benzene ring substituents is 2. The van der Waals surface area contributed by atoms with Crippen molar-refractivity contribution in [1.82, 2.24) is 9.97 Å². The Hall–Kier alpha value is -3.41. The molecule has 0 N–H and O–H groups in total. The zero-order valence-electron chi connectivity index (χ0n) is 10.5. The molecule has 0 aliphatic rings. The molecule has 0 radical (unpaired) electrons. The van der Waals surface area contributed by atoms with Gasteiger partial charge in [-0.25, -0.2) is 0 Å². The average molecular weight is 285 g/mol. The van der Waals surface area contributed by atoms with E-state index in [1.807, 2.05) is 6.07 Å². The minimum atomic E-state index is -0.729. The number of hydrogen-bond acceptors (Lipinski definition) is 7. The molecule has 1 aromatic carbocycles. The molecule has 1 aromatic heterocycles. The number of rotatable bonds is 4. The molecular formula is C12H7N5O4. The van der Waals surface area contributed by atoms with Crippen LogP contribution in [0.1, 0.15) is 5.69 Å². The van der Waals surface area contributed by atoms with Crippen molar-refractivity contribution in [3.63, 3.8) is 0 Å². The lowest BCUT2D eigenvalue weighted by Gasteiger charge is -2.05. The molecule has 104 valence electrons. The van der Waals surface area contributed by atoms with Gasteiger partial charge in [-0.15, -0.1) is 0 Å². The largest absolute Gasteiger partial charge is 0.285 e. The smallest absolute Gasteiger partial charge is 0.258 e. The van der Waals surface area contributed by atoms with E-state index in [1.54, 1.807) is 0 Å². The maximum atomic E-state index is 11.1. The van der Waals surface area contributed by atoms with Gasteiger partial charge in [-0.05, 0) is 6.07 Å². The summed E-state index contributed by atoms with van der Waals surface area (Å²) >= 11 is 0. The van der Waals surface area contributed by atoms with Crippen molar-refractivity contribution < 1.29 is 9.85 Å². The summed E-state index contributed by atoms with van der Waals surface area (Å²) < 4.78 is 0. The van der Waals surface area contributed by atoms with Crippen molar-refractivity contribution in [2.24, 2.45) is 0 Å². The van der Waals surface area contributed by atoms with Crippen LogP contribution in [-0.2, 0) is 6.42 Å². The van der Waals surface area contributed by atoms with E-state index in [2.05, 4.69) is 9.97 Å². The molecule has 21 heavy (non-hydrogen) atoms. The van der Waals surface area contributed by atoms with Gasteiger partial charge in [0.2, 0.25) is 0 Å². The standard InChI is InChI=1S/C12H7N5O4/c13-4-3-10-12(15-6-5-14-10)9-2-1-8(16(18)19)7-11(9)17(20)21/h1-2,5-7H,3H2. The highest BCUT2D eigenvalue weighted by Gasteiger charge is 2.23. The first kappa shape index (κ1) is 14.0. The van der Waals surface area contributed by atoms with Crippen LogP contribution in [0.3, 0.4) is 0 Å². The van der Waals surface area contributed by atoms with Crippen molar-refractivity contribution in [1.29, 1.82) is 5.26 Å². The molecule has 0 saturated heterocycles. The number of nitriles is 1. The lowest BCUT2D eigenvalue weighted by atomic mass is 10.1. The number of aromatic nitrogens is 2. The van der Waals surface area contributed by atoms with Gasteiger partial charge in [-0.2, -0.15) is 5.26 Å². The van der Waals surface area contributed by atoms with E-state index >= 15 is 0 Å². The number of hydrogen-bond donors (Lipinski definition) is 0. The highest BCUT2D eigenvalue weighted by molar-refractivity contribution is 5.74. The Morgan fingerprint density at radius 3 is 2.48 bits per heavy atom. The maximum absolute atomic E-state index is 11.1. The molecule has 1 heterocycles. The SMILES string of the molecule is N#CCc1nccnc1-c1ccc([N+](=O)[O-])cc1[N+](=O)[O-]. The Bertz CT molecular complexity index is 768. The van der Waals surface area contributed by atoms with Crippen molar-refractivity contribution in [3.05, 3.63) is 56.5 Å². The number of nitro groups is 2. The van der Waals surface area contributed by atoms with Crippen LogP contribution in [0.5, 0.6) is 0 Å². The second-order valence-electron chi connectivity index (χ2n) is 3.90. The second kappa shape index (κ2) is 5.70. The molecule has 0 saturated carbocycles. The van der Waals surface area contributed by atoms with Gasteiger partial charge >= 0.3 is 0 Å². The highest BCUT2D eigenvalue weighted by Crippen LogP contribution is 2.33. The van der Waals surface area contributed by atoms with Crippen molar-refractivity contribution in [3.8, 4) is 17.3 Å². The number of non-ortho nitro benzene ring substituents is 1. The van der Waals surface area contributed by atoms with Crippen LogP contribution in [-0.4, -0.2) is 19.8 Å². The van der Waals surface area contributed by atoms with Crippen LogP contribution in [0.15, 0.2) is 30.6 Å².